The second kappa shape index (κ2) is 7.58. The van der Waals surface area contributed by atoms with Crippen LogP contribution in [-0.2, 0) is 12.8 Å². The van der Waals surface area contributed by atoms with E-state index >= 15 is 4.39 Å². The van der Waals surface area contributed by atoms with E-state index in [0.29, 0.717) is 36.5 Å². The third-order valence-corrected chi connectivity index (χ3v) is 5.92. The van der Waals surface area contributed by atoms with E-state index in [1.54, 1.807) is 23.1 Å². The number of carbonyl (C=O) groups is 1. The third-order valence-electron chi connectivity index (χ3n) is 5.92. The Hall–Kier alpha value is -3.61. The average molecular weight is 419 g/mol. The highest BCUT2D eigenvalue weighted by molar-refractivity contribution is 5.94. The predicted molar refractivity (Wildman–Crippen MR) is 114 cm³/mol. The van der Waals surface area contributed by atoms with E-state index in [4.69, 9.17) is 9.26 Å². The molecule has 2 aromatic heterocycles. The van der Waals surface area contributed by atoms with Crippen LogP contribution >= 0.6 is 0 Å². The molecule has 1 atom stereocenters. The molecular weight excluding hydrogens is 397 g/mol. The summed E-state index contributed by atoms with van der Waals surface area (Å²) in [4.78, 5) is 18.5. The Morgan fingerprint density at radius 2 is 2.13 bits per heavy atom. The maximum atomic E-state index is 15.2. The van der Waals surface area contributed by atoms with Gasteiger partial charge in [-0.15, -0.1) is 0 Å². The lowest BCUT2D eigenvalue weighted by molar-refractivity contribution is 0.0678. The van der Waals surface area contributed by atoms with Gasteiger partial charge in [-0.1, -0.05) is 30.3 Å². The topological polar surface area (TPSA) is 71.4 Å². The number of halogens is 1. The standard InChI is InChI=1S/C24H22FN3O3/c1-3-14-13-21(27-31-14)24(29)28-11-10-17-16-6-4-5-7-20(16)26-22(17)23(28)18-9-8-15(30-2)12-19(18)25/h4-9,12-13,23,26H,3,10-11H2,1-2H3/t23-/m1/s1. The SMILES string of the molecule is CCc1cc(C(=O)N2CCc3c([nH]c4ccccc34)[C@H]2c2ccc(OC)cc2F)no1. The number of aromatic nitrogens is 2. The molecular formula is C24H22FN3O3. The first-order valence-electron chi connectivity index (χ1n) is 10.3. The van der Waals surface area contributed by atoms with Crippen molar-refractivity contribution in [2.45, 2.75) is 25.8 Å². The molecule has 7 heteroatoms. The van der Waals surface area contributed by atoms with Crippen LogP contribution in [0.15, 0.2) is 53.1 Å². The van der Waals surface area contributed by atoms with Crippen molar-refractivity contribution < 1.29 is 18.4 Å². The van der Waals surface area contributed by atoms with E-state index in [2.05, 4.69) is 16.2 Å². The van der Waals surface area contributed by atoms with E-state index in [-0.39, 0.29) is 11.6 Å². The highest BCUT2D eigenvalue weighted by atomic mass is 19.1. The third kappa shape index (κ3) is 3.17. The highest BCUT2D eigenvalue weighted by Gasteiger charge is 2.37. The van der Waals surface area contributed by atoms with Crippen molar-refractivity contribution in [1.82, 2.24) is 15.0 Å². The van der Waals surface area contributed by atoms with Gasteiger partial charge in [0.05, 0.1) is 7.11 Å². The number of rotatable bonds is 4. The van der Waals surface area contributed by atoms with Gasteiger partial charge in [0.25, 0.3) is 5.91 Å². The molecule has 0 spiro atoms. The van der Waals surface area contributed by atoms with Crippen molar-refractivity contribution in [3.05, 3.63) is 82.6 Å². The van der Waals surface area contributed by atoms with E-state index in [0.717, 1.165) is 22.2 Å². The monoisotopic (exact) mass is 419 g/mol. The minimum absolute atomic E-state index is 0.232. The molecule has 0 saturated heterocycles. The normalized spacial score (nSPS) is 15.8. The number of carbonyl (C=O) groups excluding carboxylic acids is 1. The van der Waals surface area contributed by atoms with Crippen LogP contribution in [0, 0.1) is 5.82 Å². The van der Waals surface area contributed by atoms with Crippen molar-refractivity contribution >= 4 is 16.8 Å². The second-order valence-corrected chi connectivity index (χ2v) is 7.63. The molecule has 1 aliphatic rings. The van der Waals surface area contributed by atoms with Gasteiger partial charge >= 0.3 is 0 Å². The van der Waals surface area contributed by atoms with Crippen molar-refractivity contribution in [3.8, 4) is 5.75 Å². The Labute approximate surface area is 178 Å². The summed E-state index contributed by atoms with van der Waals surface area (Å²) in [6.07, 6.45) is 1.31. The zero-order valence-electron chi connectivity index (χ0n) is 17.3. The summed E-state index contributed by atoms with van der Waals surface area (Å²) in [6, 6.07) is 13.8. The Morgan fingerprint density at radius 1 is 1.29 bits per heavy atom. The Balaban J connectivity index is 1.66. The van der Waals surface area contributed by atoms with Crippen LogP contribution in [0.1, 0.15) is 46.0 Å². The molecule has 5 rings (SSSR count). The maximum Gasteiger partial charge on any atom is 0.276 e. The van der Waals surface area contributed by atoms with Gasteiger partial charge in [-0.3, -0.25) is 4.79 Å². The van der Waals surface area contributed by atoms with Crippen LogP contribution in [0.2, 0.25) is 0 Å². The number of nitrogens with zero attached hydrogens (tertiary/aromatic N) is 2. The molecule has 0 radical (unpaired) electrons. The van der Waals surface area contributed by atoms with Crippen molar-refractivity contribution in [1.29, 1.82) is 0 Å². The van der Waals surface area contributed by atoms with Crippen LogP contribution in [-0.4, -0.2) is 34.6 Å². The molecule has 0 unspecified atom stereocenters. The number of fused-ring (bicyclic) bond motifs is 3. The van der Waals surface area contributed by atoms with Gasteiger partial charge in [0, 0.05) is 47.3 Å². The first-order valence-corrected chi connectivity index (χ1v) is 10.3. The summed E-state index contributed by atoms with van der Waals surface area (Å²) in [5.74, 6) is 0.353. The molecule has 2 aromatic carbocycles. The number of amides is 1. The second-order valence-electron chi connectivity index (χ2n) is 7.63. The molecule has 0 bridgehead atoms. The molecule has 1 N–H and O–H groups in total. The molecule has 1 aliphatic heterocycles. The molecule has 4 aromatic rings. The van der Waals surface area contributed by atoms with Gasteiger partial charge < -0.3 is 19.1 Å². The number of benzene rings is 2. The number of para-hydroxylation sites is 1. The summed E-state index contributed by atoms with van der Waals surface area (Å²) in [7, 11) is 1.50. The smallest absolute Gasteiger partial charge is 0.276 e. The fraction of sp³-hybridized carbons (Fsp3) is 0.250. The zero-order chi connectivity index (χ0) is 21.5. The minimum Gasteiger partial charge on any atom is -0.497 e. The molecule has 0 saturated carbocycles. The summed E-state index contributed by atoms with van der Waals surface area (Å²) in [5.41, 5.74) is 3.53. The van der Waals surface area contributed by atoms with E-state index in [1.165, 1.54) is 13.2 Å². The van der Waals surface area contributed by atoms with E-state index in [1.807, 2.05) is 25.1 Å². The number of hydrogen-bond acceptors (Lipinski definition) is 4. The molecule has 0 fully saturated rings. The lowest BCUT2D eigenvalue weighted by atomic mass is 9.91. The Morgan fingerprint density at radius 3 is 2.87 bits per heavy atom. The lowest BCUT2D eigenvalue weighted by Gasteiger charge is -2.36. The van der Waals surface area contributed by atoms with Crippen LogP contribution in [0.5, 0.6) is 5.75 Å². The summed E-state index contributed by atoms with van der Waals surface area (Å²) in [6.45, 7) is 2.38. The van der Waals surface area contributed by atoms with Crippen LogP contribution in [0.3, 0.4) is 0 Å². The first-order chi connectivity index (χ1) is 15.1. The number of nitrogens with one attached hydrogen (secondary N) is 1. The first kappa shape index (κ1) is 19.4. The number of hydrogen-bond donors (Lipinski definition) is 1. The molecule has 1 amide bonds. The largest absolute Gasteiger partial charge is 0.497 e. The lowest BCUT2D eigenvalue weighted by Crippen LogP contribution is -2.41. The minimum atomic E-state index is -0.615. The van der Waals surface area contributed by atoms with Gasteiger partial charge in [0.1, 0.15) is 23.4 Å². The number of aromatic amines is 1. The molecule has 3 heterocycles. The Bertz CT molecular complexity index is 1280. The quantitative estimate of drug-likeness (QED) is 0.523. The number of H-pyrrole nitrogens is 1. The number of ether oxygens (including phenoxy) is 1. The summed E-state index contributed by atoms with van der Waals surface area (Å²) in [5, 5.41) is 5.04. The summed E-state index contributed by atoms with van der Waals surface area (Å²) < 4.78 is 25.6. The zero-order valence-corrected chi connectivity index (χ0v) is 17.3. The molecule has 0 aliphatic carbocycles. The van der Waals surface area contributed by atoms with Crippen molar-refractivity contribution in [2.75, 3.05) is 13.7 Å². The van der Waals surface area contributed by atoms with E-state index < -0.39 is 11.9 Å². The number of methoxy groups -OCH3 is 1. The van der Waals surface area contributed by atoms with Gasteiger partial charge in [0.15, 0.2) is 5.69 Å². The van der Waals surface area contributed by atoms with Crippen molar-refractivity contribution in [2.24, 2.45) is 0 Å². The predicted octanol–water partition coefficient (Wildman–Crippen LogP) is 4.65. The van der Waals surface area contributed by atoms with Crippen LogP contribution < -0.4 is 4.74 Å². The van der Waals surface area contributed by atoms with Gasteiger partial charge in [-0.25, -0.2) is 4.39 Å². The van der Waals surface area contributed by atoms with Gasteiger partial charge in [-0.05, 0) is 30.2 Å². The van der Waals surface area contributed by atoms with Crippen LogP contribution in [0.25, 0.3) is 10.9 Å². The molecule has 158 valence electrons. The van der Waals surface area contributed by atoms with Crippen LogP contribution in [0.4, 0.5) is 4.39 Å². The van der Waals surface area contributed by atoms with E-state index in [9.17, 15) is 4.79 Å². The average Bonchev–Trinajstić information content (AvgIpc) is 3.43. The maximum absolute atomic E-state index is 15.2. The molecule has 31 heavy (non-hydrogen) atoms. The number of aryl methyl sites for hydroxylation is 1. The fourth-order valence-electron chi connectivity index (χ4n) is 4.37. The highest BCUT2D eigenvalue weighted by Crippen LogP contribution is 2.40. The van der Waals surface area contributed by atoms with Crippen molar-refractivity contribution in [3.63, 3.8) is 0 Å². The Kier molecular flexibility index (Phi) is 4.73. The fourth-order valence-corrected chi connectivity index (χ4v) is 4.37. The van der Waals surface area contributed by atoms with Gasteiger partial charge in [-0.2, -0.15) is 0 Å². The molecule has 6 nitrogen and oxygen atoms in total. The summed E-state index contributed by atoms with van der Waals surface area (Å²) >= 11 is 0. The van der Waals surface area contributed by atoms with Gasteiger partial charge in [0.2, 0.25) is 0 Å².